The van der Waals surface area contributed by atoms with Crippen LogP contribution in [0.3, 0.4) is 0 Å². The molecule has 0 aliphatic rings. The van der Waals surface area contributed by atoms with E-state index in [1.807, 2.05) is 0 Å². The van der Waals surface area contributed by atoms with Gasteiger partial charge in [-0.1, -0.05) is 11.6 Å². The summed E-state index contributed by atoms with van der Waals surface area (Å²) in [4.78, 5) is 23.1. The van der Waals surface area contributed by atoms with Crippen molar-refractivity contribution in [1.82, 2.24) is 19.5 Å². The Morgan fingerprint density at radius 1 is 1.41 bits per heavy atom. The van der Waals surface area contributed by atoms with Gasteiger partial charge in [-0.05, 0) is 11.6 Å². The largest absolute Gasteiger partial charge is 0.340 e. The second-order valence-electron chi connectivity index (χ2n) is 3.22. The highest BCUT2D eigenvalue weighted by molar-refractivity contribution is 6.32. The smallest absolute Gasteiger partial charge is 0.277 e. The minimum atomic E-state index is -0.392. The van der Waals surface area contributed by atoms with Crippen LogP contribution in [-0.4, -0.2) is 25.4 Å². The van der Waals surface area contributed by atoms with Crippen molar-refractivity contribution in [2.24, 2.45) is 7.05 Å². The van der Waals surface area contributed by atoms with Crippen molar-refractivity contribution in [2.45, 2.75) is 0 Å². The Labute approximate surface area is 107 Å². The fourth-order valence-corrected chi connectivity index (χ4v) is 1.57. The Bertz CT molecular complexity index is 548. The minimum absolute atomic E-state index is 0.0335. The van der Waals surface area contributed by atoms with E-state index < -0.39 is 5.91 Å². The van der Waals surface area contributed by atoms with Gasteiger partial charge in [0.1, 0.15) is 16.7 Å². The Morgan fingerprint density at radius 3 is 2.76 bits per heavy atom. The number of hydrogen-bond acceptors (Lipinski definition) is 4. The average molecular weight is 272 g/mol. The highest BCUT2D eigenvalue weighted by Crippen LogP contribution is 2.14. The van der Waals surface area contributed by atoms with Crippen molar-refractivity contribution in [3.8, 4) is 0 Å². The molecule has 17 heavy (non-hydrogen) atoms. The second kappa shape index (κ2) is 4.68. The molecule has 88 valence electrons. The Balaban J connectivity index is 2.18. The van der Waals surface area contributed by atoms with Gasteiger partial charge in [-0.25, -0.2) is 15.0 Å². The number of rotatable bonds is 2. The van der Waals surface area contributed by atoms with E-state index in [0.717, 1.165) is 0 Å². The summed E-state index contributed by atoms with van der Waals surface area (Å²) in [5.41, 5.74) is 0.276. The summed E-state index contributed by atoms with van der Waals surface area (Å²) in [5.74, 6) is -0.165. The number of anilines is 1. The van der Waals surface area contributed by atoms with E-state index in [1.54, 1.807) is 17.8 Å². The van der Waals surface area contributed by atoms with Crippen LogP contribution in [0, 0.1) is 0 Å². The fourth-order valence-electron chi connectivity index (χ4n) is 1.16. The van der Waals surface area contributed by atoms with Crippen molar-refractivity contribution in [1.29, 1.82) is 0 Å². The van der Waals surface area contributed by atoms with E-state index in [9.17, 15) is 4.79 Å². The Hall–Kier alpha value is -1.66. The molecule has 0 spiro atoms. The zero-order chi connectivity index (χ0) is 12.4. The second-order valence-corrected chi connectivity index (χ2v) is 3.95. The van der Waals surface area contributed by atoms with Crippen LogP contribution in [0.4, 0.5) is 5.82 Å². The summed E-state index contributed by atoms with van der Waals surface area (Å²) in [5, 5.41) is 2.64. The predicted molar refractivity (Wildman–Crippen MR) is 63.2 cm³/mol. The van der Waals surface area contributed by atoms with E-state index in [1.165, 1.54) is 12.4 Å². The normalized spacial score (nSPS) is 10.3. The van der Waals surface area contributed by atoms with Gasteiger partial charge in [0.15, 0.2) is 0 Å². The first kappa shape index (κ1) is 11.8. The van der Waals surface area contributed by atoms with Crippen molar-refractivity contribution >= 4 is 34.9 Å². The van der Waals surface area contributed by atoms with Crippen LogP contribution in [0.15, 0.2) is 18.6 Å². The highest BCUT2D eigenvalue weighted by atomic mass is 35.5. The third-order valence-electron chi connectivity index (χ3n) is 1.85. The van der Waals surface area contributed by atoms with Crippen LogP contribution in [0.2, 0.25) is 10.4 Å². The molecule has 0 aliphatic heterocycles. The molecule has 0 bridgehead atoms. The summed E-state index contributed by atoms with van der Waals surface area (Å²) in [6.07, 6.45) is 3.11. The molecule has 2 heterocycles. The topological polar surface area (TPSA) is 72.7 Å². The zero-order valence-corrected chi connectivity index (χ0v) is 10.2. The average Bonchev–Trinajstić information content (AvgIpc) is 2.63. The lowest BCUT2D eigenvalue weighted by Gasteiger charge is -2.02. The molecule has 0 fully saturated rings. The Kier molecular flexibility index (Phi) is 3.26. The fraction of sp³-hybridized carbons (Fsp3) is 0.111. The van der Waals surface area contributed by atoms with Gasteiger partial charge in [-0.15, -0.1) is 0 Å². The van der Waals surface area contributed by atoms with Gasteiger partial charge in [0, 0.05) is 19.3 Å². The summed E-state index contributed by atoms with van der Waals surface area (Å²) in [6, 6.07) is 1.40. The lowest BCUT2D eigenvalue weighted by Crippen LogP contribution is -2.13. The molecule has 0 unspecified atom stereocenters. The molecule has 1 amide bonds. The van der Waals surface area contributed by atoms with Gasteiger partial charge >= 0.3 is 0 Å². The number of aromatic nitrogens is 4. The quantitative estimate of drug-likeness (QED) is 0.668. The van der Waals surface area contributed by atoms with Crippen molar-refractivity contribution in [3.63, 3.8) is 0 Å². The third kappa shape index (κ3) is 2.92. The van der Waals surface area contributed by atoms with Crippen LogP contribution in [0.25, 0.3) is 0 Å². The molecule has 6 nitrogen and oxygen atoms in total. The number of imidazole rings is 1. The molecular weight excluding hydrogens is 265 g/mol. The van der Waals surface area contributed by atoms with E-state index in [0.29, 0.717) is 0 Å². The maximum atomic E-state index is 11.7. The summed E-state index contributed by atoms with van der Waals surface area (Å²) < 4.78 is 1.66. The molecule has 8 heteroatoms. The van der Waals surface area contributed by atoms with Crippen molar-refractivity contribution in [2.75, 3.05) is 5.32 Å². The molecule has 0 saturated carbocycles. The molecule has 0 atom stereocenters. The number of amides is 1. The van der Waals surface area contributed by atoms with Crippen LogP contribution in [0.5, 0.6) is 0 Å². The first-order valence-electron chi connectivity index (χ1n) is 4.54. The van der Waals surface area contributed by atoms with Crippen LogP contribution < -0.4 is 5.32 Å². The maximum absolute atomic E-state index is 11.7. The molecule has 0 radical (unpaired) electrons. The first-order valence-corrected chi connectivity index (χ1v) is 5.29. The van der Waals surface area contributed by atoms with Crippen LogP contribution in [0.1, 0.15) is 10.5 Å². The number of hydrogen-bond donors (Lipinski definition) is 1. The molecule has 0 aliphatic carbocycles. The molecular formula is C9H7Cl2N5O. The van der Waals surface area contributed by atoms with Crippen LogP contribution >= 0.6 is 23.2 Å². The molecule has 1 N–H and O–H groups in total. The number of nitrogens with one attached hydrogen (secondary N) is 1. The SMILES string of the molecule is Cn1cnc(C(=O)Nc2cc(Cl)nc(Cl)n2)c1. The number of halogens is 2. The van der Waals surface area contributed by atoms with Gasteiger partial charge in [0.05, 0.1) is 6.33 Å². The van der Waals surface area contributed by atoms with Gasteiger partial charge in [0.2, 0.25) is 5.28 Å². The number of carbonyl (C=O) groups is 1. The summed E-state index contributed by atoms with van der Waals surface area (Å²) >= 11 is 11.3. The monoisotopic (exact) mass is 271 g/mol. The molecule has 2 aromatic heterocycles. The van der Waals surface area contributed by atoms with E-state index >= 15 is 0 Å². The number of nitrogens with zero attached hydrogens (tertiary/aromatic N) is 4. The summed E-state index contributed by atoms with van der Waals surface area (Å²) in [6.45, 7) is 0. The van der Waals surface area contributed by atoms with E-state index in [-0.39, 0.29) is 21.9 Å². The van der Waals surface area contributed by atoms with Crippen molar-refractivity contribution < 1.29 is 4.79 Å². The Morgan fingerprint density at radius 2 is 2.18 bits per heavy atom. The number of aryl methyl sites for hydroxylation is 1. The molecule has 2 rings (SSSR count). The summed E-state index contributed by atoms with van der Waals surface area (Å²) in [7, 11) is 1.77. The van der Waals surface area contributed by atoms with Gasteiger partial charge in [0.25, 0.3) is 5.91 Å². The molecule has 0 aromatic carbocycles. The lowest BCUT2D eigenvalue weighted by molar-refractivity contribution is 0.102. The third-order valence-corrected chi connectivity index (χ3v) is 2.21. The van der Waals surface area contributed by atoms with Gasteiger partial charge in [-0.2, -0.15) is 0 Å². The standard InChI is InChI=1S/C9H7Cl2N5O/c1-16-3-5(12-4-16)8(17)14-7-2-6(10)13-9(11)15-7/h2-4H,1H3,(H,13,14,15,17). The van der Waals surface area contributed by atoms with E-state index in [2.05, 4.69) is 20.3 Å². The van der Waals surface area contributed by atoms with Gasteiger partial charge < -0.3 is 9.88 Å². The first-order chi connectivity index (χ1) is 8.04. The minimum Gasteiger partial charge on any atom is -0.340 e. The lowest BCUT2D eigenvalue weighted by atomic mass is 10.4. The molecule has 2 aromatic rings. The van der Waals surface area contributed by atoms with Crippen molar-refractivity contribution in [3.05, 3.63) is 34.7 Å². The highest BCUT2D eigenvalue weighted by Gasteiger charge is 2.10. The predicted octanol–water partition coefficient (Wildman–Crippen LogP) is 1.77. The molecule has 0 saturated heterocycles. The zero-order valence-electron chi connectivity index (χ0n) is 8.69. The van der Waals surface area contributed by atoms with Gasteiger partial charge in [-0.3, -0.25) is 4.79 Å². The van der Waals surface area contributed by atoms with Crippen LogP contribution in [-0.2, 0) is 7.05 Å². The maximum Gasteiger partial charge on any atom is 0.277 e. The number of carbonyl (C=O) groups excluding carboxylic acids is 1. The van der Waals surface area contributed by atoms with E-state index in [4.69, 9.17) is 23.2 Å².